The van der Waals surface area contributed by atoms with Crippen LogP contribution in [-0.4, -0.2) is 28.1 Å². The lowest BCUT2D eigenvalue weighted by Gasteiger charge is -2.08. The molecule has 7 nitrogen and oxygen atoms in total. The maximum Gasteiger partial charge on any atom is 0.347 e. The number of aromatic hydroxyl groups is 1. The third-order valence-corrected chi connectivity index (χ3v) is 3.74. The predicted molar refractivity (Wildman–Crippen MR) is 97.9 cm³/mol. The van der Waals surface area contributed by atoms with E-state index in [1.54, 1.807) is 12.1 Å². The van der Waals surface area contributed by atoms with E-state index >= 15 is 0 Å². The number of rotatable bonds is 5. The van der Waals surface area contributed by atoms with Gasteiger partial charge in [0.25, 0.3) is 0 Å². The normalized spacial score (nSPS) is 10.1. The average Bonchev–Trinajstić information content (AvgIpc) is 2.69. The minimum atomic E-state index is -1.09. The fraction of sp³-hybridized carbons (Fsp3) is 0. The third-order valence-electron chi connectivity index (χ3n) is 3.74. The highest BCUT2D eigenvalue weighted by Crippen LogP contribution is 2.22. The Labute approximate surface area is 159 Å². The van der Waals surface area contributed by atoms with Crippen LogP contribution in [0.1, 0.15) is 31.1 Å². The van der Waals surface area contributed by atoms with Crippen LogP contribution in [0.25, 0.3) is 0 Å². The molecule has 0 heterocycles. The van der Waals surface area contributed by atoms with E-state index in [-0.39, 0.29) is 33.9 Å². The van der Waals surface area contributed by atoms with Gasteiger partial charge in [0.2, 0.25) is 0 Å². The third kappa shape index (κ3) is 4.34. The lowest BCUT2D eigenvalue weighted by atomic mass is 10.1. The van der Waals surface area contributed by atoms with Crippen LogP contribution < -0.4 is 9.47 Å². The highest BCUT2D eigenvalue weighted by Gasteiger charge is 2.14. The number of hydrogen-bond donors (Lipinski definition) is 2. The van der Waals surface area contributed by atoms with Gasteiger partial charge in [-0.3, -0.25) is 0 Å². The number of phenols is 1. The van der Waals surface area contributed by atoms with Crippen LogP contribution in [0.3, 0.4) is 0 Å². The quantitative estimate of drug-likeness (QED) is 0.516. The van der Waals surface area contributed by atoms with Crippen LogP contribution in [0.15, 0.2) is 72.8 Å². The molecule has 0 aromatic heterocycles. The summed E-state index contributed by atoms with van der Waals surface area (Å²) in [6.07, 6.45) is 0. The van der Waals surface area contributed by atoms with Gasteiger partial charge in [0.15, 0.2) is 0 Å². The number of aromatic carboxylic acids is 1. The number of ether oxygens (including phenoxy) is 2. The molecular weight excluding hydrogens is 364 g/mol. The van der Waals surface area contributed by atoms with Crippen molar-refractivity contribution in [2.75, 3.05) is 0 Å². The van der Waals surface area contributed by atoms with Crippen molar-refractivity contribution in [3.05, 3.63) is 89.5 Å². The first kappa shape index (κ1) is 18.7. The van der Waals surface area contributed by atoms with Gasteiger partial charge in [-0.05, 0) is 60.7 Å². The van der Waals surface area contributed by atoms with Crippen LogP contribution in [0.4, 0.5) is 0 Å². The van der Waals surface area contributed by atoms with E-state index in [0.29, 0.717) is 0 Å². The smallest absolute Gasteiger partial charge is 0.347 e. The zero-order valence-electron chi connectivity index (χ0n) is 14.4. The molecule has 28 heavy (non-hydrogen) atoms. The number of para-hydroxylation sites is 1. The van der Waals surface area contributed by atoms with Crippen LogP contribution in [0.5, 0.6) is 17.2 Å². The number of phenolic OH excluding ortho intramolecular Hbond substituents is 1. The number of carboxylic acid groups (broad SMARTS) is 1. The molecule has 0 aliphatic heterocycles. The van der Waals surface area contributed by atoms with Crippen molar-refractivity contribution < 1.29 is 34.1 Å². The molecule has 0 radical (unpaired) electrons. The van der Waals surface area contributed by atoms with Crippen molar-refractivity contribution in [1.29, 1.82) is 0 Å². The molecule has 0 saturated carbocycles. The molecule has 0 aliphatic carbocycles. The second-order valence-electron chi connectivity index (χ2n) is 5.65. The fourth-order valence-electron chi connectivity index (χ4n) is 2.30. The summed E-state index contributed by atoms with van der Waals surface area (Å²) in [5.41, 5.74) is 0.287. The Morgan fingerprint density at radius 3 is 1.68 bits per heavy atom. The molecule has 0 saturated heterocycles. The molecular formula is C21H14O7. The van der Waals surface area contributed by atoms with Gasteiger partial charge in [0.1, 0.15) is 22.8 Å². The Morgan fingerprint density at radius 1 is 0.643 bits per heavy atom. The molecule has 3 rings (SSSR count). The summed E-state index contributed by atoms with van der Waals surface area (Å²) in [5, 5.41) is 18.5. The van der Waals surface area contributed by atoms with Crippen LogP contribution in [-0.2, 0) is 0 Å². The summed E-state index contributed by atoms with van der Waals surface area (Å²) in [6, 6.07) is 17.1. The zero-order valence-corrected chi connectivity index (χ0v) is 14.4. The van der Waals surface area contributed by atoms with Crippen LogP contribution in [0.2, 0.25) is 0 Å². The fourth-order valence-corrected chi connectivity index (χ4v) is 2.30. The van der Waals surface area contributed by atoms with Crippen molar-refractivity contribution in [1.82, 2.24) is 0 Å². The Morgan fingerprint density at radius 2 is 1.14 bits per heavy atom. The standard InChI is InChI=1S/C21H14O7/c22-18-4-2-1-3-17(18)21(26)28-16-11-9-15(10-12-16)27-20(25)14-7-5-13(6-8-14)19(23)24/h1-12,22H,(H,23,24). The van der Waals surface area contributed by atoms with Gasteiger partial charge in [0.05, 0.1) is 11.1 Å². The maximum absolute atomic E-state index is 12.1. The molecule has 7 heteroatoms. The number of carbonyl (C=O) groups is 3. The first-order valence-corrected chi connectivity index (χ1v) is 8.10. The molecule has 0 bridgehead atoms. The first-order valence-electron chi connectivity index (χ1n) is 8.10. The lowest BCUT2D eigenvalue weighted by Crippen LogP contribution is -2.10. The first-order chi connectivity index (χ1) is 13.4. The monoisotopic (exact) mass is 378 g/mol. The van der Waals surface area contributed by atoms with Crippen molar-refractivity contribution in [2.45, 2.75) is 0 Å². The maximum atomic E-state index is 12.1. The Hall–Kier alpha value is -4.13. The summed E-state index contributed by atoms with van der Waals surface area (Å²) in [4.78, 5) is 35.0. The number of carbonyl (C=O) groups excluding carboxylic acids is 2. The van der Waals surface area contributed by atoms with E-state index in [9.17, 15) is 19.5 Å². The van der Waals surface area contributed by atoms with Gasteiger partial charge in [-0.1, -0.05) is 12.1 Å². The SMILES string of the molecule is O=C(O)c1ccc(C(=O)Oc2ccc(OC(=O)c3ccccc3O)cc2)cc1. The Bertz CT molecular complexity index is 1020. The van der Waals surface area contributed by atoms with E-state index in [2.05, 4.69) is 0 Å². The number of hydrogen-bond acceptors (Lipinski definition) is 6. The largest absolute Gasteiger partial charge is 0.507 e. The van der Waals surface area contributed by atoms with E-state index in [4.69, 9.17) is 14.6 Å². The molecule has 0 unspecified atom stereocenters. The van der Waals surface area contributed by atoms with E-state index < -0.39 is 17.9 Å². The van der Waals surface area contributed by atoms with E-state index in [1.165, 1.54) is 60.7 Å². The number of benzene rings is 3. The average molecular weight is 378 g/mol. The van der Waals surface area contributed by atoms with Crippen LogP contribution >= 0.6 is 0 Å². The van der Waals surface area contributed by atoms with Gasteiger partial charge in [0, 0.05) is 0 Å². The highest BCUT2D eigenvalue weighted by molar-refractivity contribution is 5.94. The summed E-state index contributed by atoms with van der Waals surface area (Å²) in [6.45, 7) is 0. The number of esters is 2. The molecule has 0 aliphatic rings. The second-order valence-corrected chi connectivity index (χ2v) is 5.65. The van der Waals surface area contributed by atoms with Gasteiger partial charge in [-0.2, -0.15) is 0 Å². The Kier molecular flexibility index (Phi) is 5.36. The second kappa shape index (κ2) is 8.05. The minimum absolute atomic E-state index is 0.0304. The molecule has 0 spiro atoms. The molecule has 0 atom stereocenters. The van der Waals surface area contributed by atoms with E-state index in [0.717, 1.165) is 0 Å². The number of carboxylic acids is 1. The molecule has 0 amide bonds. The molecule has 2 N–H and O–H groups in total. The molecule has 0 fully saturated rings. The molecule has 3 aromatic carbocycles. The van der Waals surface area contributed by atoms with Gasteiger partial charge in [-0.15, -0.1) is 0 Å². The van der Waals surface area contributed by atoms with Crippen molar-refractivity contribution in [3.8, 4) is 17.2 Å². The van der Waals surface area contributed by atoms with Gasteiger partial charge < -0.3 is 19.7 Å². The molecule has 140 valence electrons. The lowest BCUT2D eigenvalue weighted by molar-refractivity contribution is 0.0691. The topological polar surface area (TPSA) is 110 Å². The van der Waals surface area contributed by atoms with Crippen LogP contribution in [0, 0.1) is 0 Å². The molecule has 3 aromatic rings. The van der Waals surface area contributed by atoms with Crippen molar-refractivity contribution in [3.63, 3.8) is 0 Å². The van der Waals surface area contributed by atoms with Gasteiger partial charge >= 0.3 is 17.9 Å². The summed E-state index contributed by atoms with van der Waals surface area (Å²) >= 11 is 0. The van der Waals surface area contributed by atoms with Gasteiger partial charge in [-0.25, -0.2) is 14.4 Å². The highest BCUT2D eigenvalue weighted by atomic mass is 16.5. The predicted octanol–water partition coefficient (Wildman–Crippen LogP) is 3.53. The zero-order chi connectivity index (χ0) is 20.1. The van der Waals surface area contributed by atoms with E-state index in [1.807, 2.05) is 0 Å². The summed E-state index contributed by atoms with van der Waals surface area (Å²) in [5.74, 6) is -2.23. The van der Waals surface area contributed by atoms with Crippen molar-refractivity contribution >= 4 is 17.9 Å². The van der Waals surface area contributed by atoms with Crippen molar-refractivity contribution in [2.24, 2.45) is 0 Å². The minimum Gasteiger partial charge on any atom is -0.507 e. The summed E-state index contributed by atoms with van der Waals surface area (Å²) in [7, 11) is 0. The Balaban J connectivity index is 1.64. The summed E-state index contributed by atoms with van der Waals surface area (Å²) < 4.78 is 10.4.